The van der Waals surface area contributed by atoms with Crippen molar-refractivity contribution in [1.82, 2.24) is 0 Å². The fourth-order valence-corrected chi connectivity index (χ4v) is 6.99. The molecule has 0 spiro atoms. The molecule has 0 saturated heterocycles. The summed E-state index contributed by atoms with van der Waals surface area (Å²) in [6.45, 7) is 9.20. The van der Waals surface area contributed by atoms with Gasteiger partial charge in [0, 0.05) is 22.3 Å². The number of rotatable bonds is 12. The van der Waals surface area contributed by atoms with Gasteiger partial charge in [0.25, 0.3) is 0 Å². The van der Waals surface area contributed by atoms with E-state index in [1.54, 1.807) is 0 Å². The van der Waals surface area contributed by atoms with Crippen molar-refractivity contribution in [3.05, 3.63) is 104 Å². The van der Waals surface area contributed by atoms with Gasteiger partial charge in [-0.1, -0.05) is 109 Å². The molecule has 2 nitrogen and oxygen atoms in total. The Kier molecular flexibility index (Phi) is 9.03. The number of carbonyl (C=O) groups is 2. The molecule has 2 aliphatic rings. The molecule has 2 aliphatic carbocycles. The van der Waals surface area contributed by atoms with E-state index >= 15 is 0 Å². The molecule has 3 aromatic rings. The molecule has 0 aliphatic heterocycles. The van der Waals surface area contributed by atoms with Gasteiger partial charge in [-0.3, -0.25) is 9.59 Å². The summed E-state index contributed by atoms with van der Waals surface area (Å²) in [7, 11) is 0. The standard InChI is InChI=1S/C38H46O2/c1-5-9-13-25(7-3)17-28-20-30-21-32-24-35-31(19-27-15-11-12-16-33(27)37(35)39)23-36(32)38(40)34(30)22-29(28)18-26(8-4)14-10-6-2/h11-12,15-16,20,22-26H,5-10,13-14,17-19,21H2,1-4H3. The van der Waals surface area contributed by atoms with E-state index in [1.165, 1.54) is 62.5 Å². The maximum atomic E-state index is 14.0. The highest BCUT2D eigenvalue weighted by atomic mass is 16.1. The first-order valence-corrected chi connectivity index (χ1v) is 15.9. The van der Waals surface area contributed by atoms with Gasteiger partial charge < -0.3 is 0 Å². The van der Waals surface area contributed by atoms with Gasteiger partial charge in [0.2, 0.25) is 0 Å². The summed E-state index contributed by atoms with van der Waals surface area (Å²) in [5, 5.41) is 0. The van der Waals surface area contributed by atoms with Crippen LogP contribution in [0.5, 0.6) is 0 Å². The summed E-state index contributed by atoms with van der Waals surface area (Å²) in [4.78, 5) is 27.4. The highest BCUT2D eigenvalue weighted by molar-refractivity contribution is 6.16. The Hall–Kier alpha value is -3.00. The van der Waals surface area contributed by atoms with Crippen molar-refractivity contribution in [2.45, 2.75) is 105 Å². The maximum absolute atomic E-state index is 14.0. The Bertz CT molecular complexity index is 1390. The zero-order chi connectivity index (χ0) is 28.2. The Morgan fingerprint density at radius 3 is 1.62 bits per heavy atom. The number of hydrogen-bond donors (Lipinski definition) is 0. The molecule has 210 valence electrons. The van der Waals surface area contributed by atoms with Crippen molar-refractivity contribution in [3.63, 3.8) is 0 Å². The lowest BCUT2D eigenvalue weighted by atomic mass is 9.76. The quantitative estimate of drug-likeness (QED) is 0.160. The predicted molar refractivity (Wildman–Crippen MR) is 166 cm³/mol. The minimum atomic E-state index is 0.0910. The predicted octanol–water partition coefficient (Wildman–Crippen LogP) is 9.47. The summed E-state index contributed by atoms with van der Waals surface area (Å²) in [5.74, 6) is 1.58. The van der Waals surface area contributed by atoms with Crippen molar-refractivity contribution in [1.29, 1.82) is 0 Å². The molecule has 2 atom stereocenters. The van der Waals surface area contributed by atoms with Crippen LogP contribution in [0.3, 0.4) is 0 Å². The summed E-state index contributed by atoms with van der Waals surface area (Å²) in [6, 6.07) is 16.6. The largest absolute Gasteiger partial charge is 0.289 e. The third-order valence-electron chi connectivity index (χ3n) is 9.62. The van der Waals surface area contributed by atoms with Gasteiger partial charge in [-0.2, -0.15) is 0 Å². The lowest BCUT2D eigenvalue weighted by Crippen LogP contribution is -2.22. The third-order valence-corrected chi connectivity index (χ3v) is 9.62. The molecule has 0 radical (unpaired) electrons. The highest BCUT2D eigenvalue weighted by Crippen LogP contribution is 2.36. The van der Waals surface area contributed by atoms with Gasteiger partial charge >= 0.3 is 0 Å². The van der Waals surface area contributed by atoms with Gasteiger partial charge in [-0.25, -0.2) is 0 Å². The minimum absolute atomic E-state index is 0.0910. The number of hydrogen-bond acceptors (Lipinski definition) is 2. The maximum Gasteiger partial charge on any atom is 0.193 e. The smallest absolute Gasteiger partial charge is 0.193 e. The topological polar surface area (TPSA) is 34.1 Å². The SMILES string of the molecule is CCCCC(CC)Cc1cc2c(cc1CC(CC)CCCC)C(=O)c1cc3c(cc1C2)C(=O)c1ccccc1C3. The van der Waals surface area contributed by atoms with Gasteiger partial charge in [-0.05, 0) is 89.1 Å². The van der Waals surface area contributed by atoms with Crippen molar-refractivity contribution < 1.29 is 9.59 Å². The molecule has 2 unspecified atom stereocenters. The van der Waals surface area contributed by atoms with Crippen LogP contribution in [0.1, 0.15) is 144 Å². The van der Waals surface area contributed by atoms with Crippen LogP contribution in [-0.4, -0.2) is 11.6 Å². The second-order valence-corrected chi connectivity index (χ2v) is 12.4. The Labute approximate surface area is 241 Å². The molecule has 5 rings (SSSR count). The van der Waals surface area contributed by atoms with Crippen LogP contribution in [0.25, 0.3) is 0 Å². The number of carbonyl (C=O) groups excluding carboxylic acids is 2. The Morgan fingerprint density at radius 1 is 0.575 bits per heavy atom. The Balaban J connectivity index is 1.52. The van der Waals surface area contributed by atoms with Gasteiger partial charge in [0.1, 0.15) is 0 Å². The van der Waals surface area contributed by atoms with Crippen LogP contribution in [0.4, 0.5) is 0 Å². The first-order chi connectivity index (χ1) is 19.5. The molecule has 2 heteroatoms. The summed E-state index contributed by atoms with van der Waals surface area (Å²) >= 11 is 0. The summed E-state index contributed by atoms with van der Waals surface area (Å²) in [5.41, 5.74) is 10.3. The molecule has 0 heterocycles. The second kappa shape index (κ2) is 12.7. The zero-order valence-corrected chi connectivity index (χ0v) is 25.1. The van der Waals surface area contributed by atoms with E-state index in [2.05, 4.69) is 39.8 Å². The average Bonchev–Trinajstić information content (AvgIpc) is 2.97. The number of unbranched alkanes of at least 4 members (excludes halogenated alkanes) is 2. The number of ketones is 2. The van der Waals surface area contributed by atoms with Crippen molar-refractivity contribution in [2.75, 3.05) is 0 Å². The third kappa shape index (κ3) is 5.73. The van der Waals surface area contributed by atoms with E-state index in [4.69, 9.17) is 0 Å². The van der Waals surface area contributed by atoms with E-state index in [-0.39, 0.29) is 11.6 Å². The average molecular weight is 535 g/mol. The van der Waals surface area contributed by atoms with Crippen LogP contribution in [0.2, 0.25) is 0 Å². The van der Waals surface area contributed by atoms with Crippen LogP contribution < -0.4 is 0 Å². The number of fused-ring (bicyclic) bond motifs is 4. The van der Waals surface area contributed by atoms with Gasteiger partial charge in [0.15, 0.2) is 11.6 Å². The summed E-state index contributed by atoms with van der Waals surface area (Å²) < 4.78 is 0. The van der Waals surface area contributed by atoms with Gasteiger partial charge in [-0.15, -0.1) is 0 Å². The van der Waals surface area contributed by atoms with E-state index in [9.17, 15) is 9.59 Å². The van der Waals surface area contributed by atoms with Crippen molar-refractivity contribution in [2.24, 2.45) is 11.8 Å². The van der Waals surface area contributed by atoms with Crippen LogP contribution in [-0.2, 0) is 25.7 Å². The fourth-order valence-electron chi connectivity index (χ4n) is 6.99. The van der Waals surface area contributed by atoms with Crippen LogP contribution >= 0.6 is 0 Å². The van der Waals surface area contributed by atoms with Crippen LogP contribution in [0.15, 0.2) is 48.5 Å². The first-order valence-electron chi connectivity index (χ1n) is 15.9. The molecular formula is C38H46O2. The van der Waals surface area contributed by atoms with Crippen molar-refractivity contribution in [3.8, 4) is 0 Å². The zero-order valence-electron chi connectivity index (χ0n) is 25.1. The molecule has 40 heavy (non-hydrogen) atoms. The second-order valence-electron chi connectivity index (χ2n) is 12.4. The molecule has 3 aromatic carbocycles. The molecular weight excluding hydrogens is 488 g/mol. The van der Waals surface area contributed by atoms with E-state index in [0.717, 1.165) is 63.8 Å². The fraction of sp³-hybridized carbons (Fsp3) is 0.474. The lowest BCUT2D eigenvalue weighted by Gasteiger charge is -2.27. The molecule has 0 bridgehead atoms. The molecule has 0 fully saturated rings. The van der Waals surface area contributed by atoms with E-state index in [1.807, 2.05) is 36.4 Å². The van der Waals surface area contributed by atoms with E-state index < -0.39 is 0 Å². The van der Waals surface area contributed by atoms with Crippen molar-refractivity contribution >= 4 is 11.6 Å². The minimum Gasteiger partial charge on any atom is -0.289 e. The Morgan fingerprint density at radius 2 is 1.05 bits per heavy atom. The molecule has 0 amide bonds. The number of benzene rings is 3. The highest BCUT2D eigenvalue weighted by Gasteiger charge is 2.30. The van der Waals surface area contributed by atoms with Gasteiger partial charge in [0.05, 0.1) is 0 Å². The normalized spacial score (nSPS) is 15.2. The summed E-state index contributed by atoms with van der Waals surface area (Å²) in [6.07, 6.45) is 13.5. The molecule has 0 saturated carbocycles. The first kappa shape index (κ1) is 28.5. The monoisotopic (exact) mass is 534 g/mol. The van der Waals surface area contributed by atoms with Crippen LogP contribution in [0, 0.1) is 11.8 Å². The van der Waals surface area contributed by atoms with E-state index in [0.29, 0.717) is 18.3 Å². The molecule has 0 aromatic heterocycles. The lowest BCUT2D eigenvalue weighted by molar-refractivity contribution is 0.102. The molecule has 0 N–H and O–H groups in total.